The zero-order chi connectivity index (χ0) is 9.85. The van der Waals surface area contributed by atoms with Crippen molar-refractivity contribution in [3.8, 4) is 0 Å². The Balaban J connectivity index is 2.24. The molecule has 4 atom stereocenters. The summed E-state index contributed by atoms with van der Waals surface area (Å²) in [4.78, 5) is 0. The van der Waals surface area contributed by atoms with Crippen molar-refractivity contribution in [2.24, 2.45) is 34.6 Å². The minimum absolute atomic E-state index is 0.0694. The summed E-state index contributed by atoms with van der Waals surface area (Å²) in [6, 6.07) is 0. The second-order valence-corrected chi connectivity index (χ2v) is 5.68. The summed E-state index contributed by atoms with van der Waals surface area (Å²) < 4.78 is 0. The van der Waals surface area contributed by atoms with Gasteiger partial charge in [-0.3, -0.25) is 0 Å². The summed E-state index contributed by atoms with van der Waals surface area (Å²) in [5.74, 6) is 2.08. The lowest BCUT2D eigenvalue weighted by Crippen LogP contribution is -2.74. The Kier molecular flexibility index (Phi) is 1.81. The average Bonchev–Trinajstić information content (AvgIpc) is 2.09. The number of hydrogen-bond acceptors (Lipinski definition) is 2. The number of hydrogen-bond donors (Lipinski definition) is 2. The Labute approximate surface area is 81.1 Å². The molecule has 0 aromatic heterocycles. The third-order valence-corrected chi connectivity index (χ3v) is 5.21. The molecule has 2 bridgehead atoms. The highest BCUT2D eigenvalue weighted by Crippen LogP contribution is 2.63. The normalized spacial score (nSPS) is 52.8. The van der Waals surface area contributed by atoms with Crippen LogP contribution in [0.4, 0.5) is 0 Å². The topological polar surface area (TPSA) is 52.0 Å². The fourth-order valence-corrected chi connectivity index (χ4v) is 3.62. The Bertz CT molecular complexity index is 224. The molecule has 0 spiro atoms. The zero-order valence-electron chi connectivity index (χ0n) is 9.01. The predicted molar refractivity (Wildman–Crippen MR) is 55.1 cm³/mol. The summed E-state index contributed by atoms with van der Waals surface area (Å²) in [7, 11) is 0. The van der Waals surface area contributed by atoms with Gasteiger partial charge < -0.3 is 11.5 Å². The Hall–Kier alpha value is -0.0800. The van der Waals surface area contributed by atoms with Gasteiger partial charge in [0.15, 0.2) is 0 Å². The molecule has 3 aliphatic rings. The molecule has 0 aliphatic heterocycles. The van der Waals surface area contributed by atoms with Crippen LogP contribution >= 0.6 is 0 Å². The molecule has 76 valence electrons. The van der Waals surface area contributed by atoms with E-state index in [1.54, 1.807) is 0 Å². The van der Waals surface area contributed by atoms with Crippen LogP contribution in [0.3, 0.4) is 0 Å². The molecule has 13 heavy (non-hydrogen) atoms. The molecule has 3 aliphatic carbocycles. The molecule has 0 amide bonds. The van der Waals surface area contributed by atoms with Crippen molar-refractivity contribution in [1.82, 2.24) is 0 Å². The van der Waals surface area contributed by atoms with Crippen LogP contribution in [0.15, 0.2) is 0 Å². The van der Waals surface area contributed by atoms with Gasteiger partial charge in [0, 0.05) is 5.54 Å². The van der Waals surface area contributed by atoms with Gasteiger partial charge in [-0.15, -0.1) is 0 Å². The number of rotatable bonds is 1. The van der Waals surface area contributed by atoms with Gasteiger partial charge in [-0.25, -0.2) is 0 Å². The third kappa shape index (κ3) is 0.909. The molecule has 4 unspecified atom stereocenters. The standard InChI is InChI=1S/C11H22N2/c1-7-8(6-12)4-9-5-11(7,13)10(9,2)3/h7-9H,4-6,12-13H2,1-3H3. The maximum Gasteiger partial charge on any atom is 0.0240 e. The smallest absolute Gasteiger partial charge is 0.0240 e. The van der Waals surface area contributed by atoms with Crippen molar-refractivity contribution >= 4 is 0 Å². The van der Waals surface area contributed by atoms with E-state index < -0.39 is 0 Å². The summed E-state index contributed by atoms with van der Waals surface area (Å²) in [6.45, 7) is 7.75. The zero-order valence-corrected chi connectivity index (χ0v) is 9.01. The van der Waals surface area contributed by atoms with Crippen molar-refractivity contribution in [2.45, 2.75) is 39.2 Å². The fourth-order valence-electron chi connectivity index (χ4n) is 3.62. The lowest BCUT2D eigenvalue weighted by atomic mass is 9.39. The lowest BCUT2D eigenvalue weighted by Gasteiger charge is -2.68. The molecule has 0 heterocycles. The highest BCUT2D eigenvalue weighted by molar-refractivity contribution is 5.18. The van der Waals surface area contributed by atoms with E-state index in [0.29, 0.717) is 17.3 Å². The van der Waals surface area contributed by atoms with E-state index in [1.807, 2.05) is 0 Å². The van der Waals surface area contributed by atoms with Crippen molar-refractivity contribution < 1.29 is 0 Å². The molecular formula is C11H22N2. The average molecular weight is 182 g/mol. The summed E-state index contributed by atoms with van der Waals surface area (Å²) in [6.07, 6.45) is 2.52. The summed E-state index contributed by atoms with van der Waals surface area (Å²) in [5.41, 5.74) is 12.7. The molecule has 3 saturated carbocycles. The van der Waals surface area contributed by atoms with Crippen LogP contribution in [0.2, 0.25) is 0 Å². The van der Waals surface area contributed by atoms with Gasteiger partial charge in [0.1, 0.15) is 0 Å². The van der Waals surface area contributed by atoms with Crippen LogP contribution in [0.5, 0.6) is 0 Å². The summed E-state index contributed by atoms with van der Waals surface area (Å²) in [5, 5.41) is 0. The van der Waals surface area contributed by atoms with Gasteiger partial charge in [-0.05, 0) is 42.6 Å². The van der Waals surface area contributed by atoms with Gasteiger partial charge >= 0.3 is 0 Å². The number of nitrogens with two attached hydrogens (primary N) is 2. The van der Waals surface area contributed by atoms with E-state index in [1.165, 1.54) is 12.8 Å². The van der Waals surface area contributed by atoms with Crippen molar-refractivity contribution in [3.63, 3.8) is 0 Å². The van der Waals surface area contributed by atoms with Gasteiger partial charge in [0.2, 0.25) is 0 Å². The van der Waals surface area contributed by atoms with Crippen molar-refractivity contribution in [2.75, 3.05) is 6.54 Å². The maximum atomic E-state index is 6.48. The van der Waals surface area contributed by atoms with Gasteiger partial charge in [0.25, 0.3) is 0 Å². The quantitative estimate of drug-likeness (QED) is 0.643. The highest BCUT2D eigenvalue weighted by atomic mass is 14.9. The molecule has 4 N–H and O–H groups in total. The van der Waals surface area contributed by atoms with E-state index in [0.717, 1.165) is 12.5 Å². The minimum Gasteiger partial charge on any atom is -0.330 e. The van der Waals surface area contributed by atoms with E-state index in [2.05, 4.69) is 20.8 Å². The molecular weight excluding hydrogens is 160 g/mol. The minimum atomic E-state index is 0.0694. The maximum absolute atomic E-state index is 6.48. The molecule has 2 nitrogen and oxygen atoms in total. The summed E-state index contributed by atoms with van der Waals surface area (Å²) >= 11 is 0. The van der Waals surface area contributed by atoms with E-state index in [4.69, 9.17) is 11.5 Å². The van der Waals surface area contributed by atoms with Gasteiger partial charge in [-0.1, -0.05) is 20.8 Å². The Morgan fingerprint density at radius 3 is 2.46 bits per heavy atom. The van der Waals surface area contributed by atoms with Crippen LogP contribution in [-0.4, -0.2) is 12.1 Å². The molecule has 0 aromatic rings. The SMILES string of the molecule is CC1C(CN)CC2CC1(N)C2(C)C. The van der Waals surface area contributed by atoms with Crippen LogP contribution < -0.4 is 11.5 Å². The third-order valence-electron chi connectivity index (χ3n) is 5.21. The van der Waals surface area contributed by atoms with Crippen LogP contribution in [0.1, 0.15) is 33.6 Å². The van der Waals surface area contributed by atoms with Crippen LogP contribution in [-0.2, 0) is 0 Å². The van der Waals surface area contributed by atoms with Gasteiger partial charge in [-0.2, -0.15) is 0 Å². The Morgan fingerprint density at radius 1 is 1.38 bits per heavy atom. The fraction of sp³-hybridized carbons (Fsp3) is 1.00. The van der Waals surface area contributed by atoms with Crippen LogP contribution in [0, 0.1) is 23.2 Å². The second kappa shape index (κ2) is 2.48. The molecule has 0 saturated heterocycles. The first kappa shape index (κ1) is 9.47. The Morgan fingerprint density at radius 2 is 2.00 bits per heavy atom. The first-order chi connectivity index (χ1) is 5.93. The first-order valence-corrected chi connectivity index (χ1v) is 5.42. The molecule has 0 aromatic carbocycles. The largest absolute Gasteiger partial charge is 0.330 e. The first-order valence-electron chi connectivity index (χ1n) is 5.42. The highest BCUT2D eigenvalue weighted by Gasteiger charge is 2.64. The molecule has 3 rings (SSSR count). The second-order valence-electron chi connectivity index (χ2n) is 5.68. The van der Waals surface area contributed by atoms with E-state index in [9.17, 15) is 0 Å². The van der Waals surface area contributed by atoms with Crippen LogP contribution in [0.25, 0.3) is 0 Å². The molecule has 0 radical (unpaired) electrons. The van der Waals surface area contributed by atoms with E-state index in [-0.39, 0.29) is 5.54 Å². The monoisotopic (exact) mass is 182 g/mol. The van der Waals surface area contributed by atoms with Gasteiger partial charge in [0.05, 0.1) is 0 Å². The predicted octanol–water partition coefficient (Wildman–Crippen LogP) is 1.34. The van der Waals surface area contributed by atoms with Crippen molar-refractivity contribution in [1.29, 1.82) is 0 Å². The number of fused-ring (bicyclic) bond motifs is 2. The lowest BCUT2D eigenvalue weighted by molar-refractivity contribution is -0.148. The van der Waals surface area contributed by atoms with E-state index >= 15 is 0 Å². The molecule has 3 fully saturated rings. The molecule has 2 heteroatoms. The van der Waals surface area contributed by atoms with Crippen molar-refractivity contribution in [3.05, 3.63) is 0 Å².